The fraction of sp³-hybridized carbons (Fsp3) is 0.235. The number of benzene rings is 2. The highest BCUT2D eigenvalue weighted by Crippen LogP contribution is 2.24. The molecule has 0 saturated heterocycles. The summed E-state index contributed by atoms with van der Waals surface area (Å²) in [6.45, 7) is -0.942. The first-order valence-electron chi connectivity index (χ1n) is 7.79. The number of hydrogen-bond donors (Lipinski definition) is 1. The summed E-state index contributed by atoms with van der Waals surface area (Å²) in [7, 11) is -3.76. The number of rotatable bonds is 6. The second-order valence-electron chi connectivity index (χ2n) is 5.75. The van der Waals surface area contributed by atoms with Crippen LogP contribution >= 0.6 is 15.9 Å². The first kappa shape index (κ1) is 18.9. The minimum Gasteiger partial charge on any atom is -0.270 e. The molecule has 3 rings (SSSR count). The molecule has 0 radical (unpaired) electrons. The quantitative estimate of drug-likeness (QED) is 0.625. The maximum absolute atomic E-state index is 13.4. The van der Waals surface area contributed by atoms with Crippen LogP contribution in [0.3, 0.4) is 0 Å². The van der Waals surface area contributed by atoms with Crippen LogP contribution in [0.15, 0.2) is 51.8 Å². The Labute approximate surface area is 158 Å². The number of nitrogens with zero attached hydrogens (tertiary/aromatic N) is 2. The normalized spacial score (nSPS) is 12.2. The minimum absolute atomic E-state index is 0.0430. The molecule has 3 aromatic rings. The molecule has 1 aromatic heterocycles. The van der Waals surface area contributed by atoms with E-state index in [0.717, 1.165) is 10.1 Å². The zero-order chi connectivity index (χ0) is 18.9. The van der Waals surface area contributed by atoms with Gasteiger partial charge in [-0.05, 0) is 52.7 Å². The monoisotopic (exact) mass is 443 g/mol. The van der Waals surface area contributed by atoms with Crippen LogP contribution in [-0.4, -0.2) is 24.5 Å². The Morgan fingerprint density at radius 1 is 1.23 bits per heavy atom. The molecule has 1 heterocycles. The van der Waals surface area contributed by atoms with Crippen molar-refractivity contribution in [3.05, 3.63) is 58.3 Å². The number of imidazole rings is 1. The highest BCUT2D eigenvalue weighted by Gasteiger charge is 2.20. The number of fused-ring (bicyclic) bond motifs is 1. The maximum Gasteiger partial charge on any atom is 0.320 e. The molecule has 5 nitrogen and oxygen atoms in total. The number of aromatic nitrogens is 2. The van der Waals surface area contributed by atoms with Gasteiger partial charge in [-0.15, -0.1) is 0 Å². The zero-order valence-electron chi connectivity index (χ0n) is 13.8. The van der Waals surface area contributed by atoms with E-state index in [2.05, 4.69) is 25.6 Å². The number of halogens is 3. The van der Waals surface area contributed by atoms with Gasteiger partial charge in [-0.1, -0.05) is 18.2 Å². The van der Waals surface area contributed by atoms with Gasteiger partial charge in [-0.3, -0.25) is 4.57 Å². The van der Waals surface area contributed by atoms with Crippen LogP contribution in [0.2, 0.25) is 0 Å². The molecular formula is C17H16BrF2N3O2S. The summed E-state index contributed by atoms with van der Waals surface area (Å²) in [6.07, 6.45) is 0.0434. The fourth-order valence-corrected chi connectivity index (χ4v) is 4.91. The number of aryl methyl sites for hydroxylation is 1. The topological polar surface area (TPSA) is 64.0 Å². The smallest absolute Gasteiger partial charge is 0.270 e. The lowest BCUT2D eigenvalue weighted by Crippen LogP contribution is -2.27. The Morgan fingerprint density at radius 2 is 1.96 bits per heavy atom. The average Bonchev–Trinajstić information content (AvgIpc) is 2.92. The zero-order valence-corrected chi connectivity index (χ0v) is 16.2. The first-order chi connectivity index (χ1) is 12.3. The summed E-state index contributed by atoms with van der Waals surface area (Å²) in [5.41, 5.74) is 1.69. The van der Waals surface area contributed by atoms with Gasteiger partial charge in [0, 0.05) is 17.4 Å². The second kappa shape index (κ2) is 7.42. The maximum atomic E-state index is 13.4. The van der Waals surface area contributed by atoms with Crippen molar-refractivity contribution in [2.75, 3.05) is 6.54 Å². The minimum atomic E-state index is -3.76. The molecule has 0 unspecified atom stereocenters. The highest BCUT2D eigenvalue weighted by molar-refractivity contribution is 9.10. The molecule has 1 N–H and O–H groups in total. The summed E-state index contributed by atoms with van der Waals surface area (Å²) in [6, 6.07) is 11.5. The van der Waals surface area contributed by atoms with Crippen LogP contribution in [0.4, 0.5) is 8.78 Å². The molecule has 26 heavy (non-hydrogen) atoms. The van der Waals surface area contributed by atoms with Gasteiger partial charge < -0.3 is 0 Å². The molecule has 0 aliphatic heterocycles. The number of alkyl halides is 2. The van der Waals surface area contributed by atoms with Gasteiger partial charge in [-0.2, -0.15) is 8.78 Å². The Bertz CT molecular complexity index is 1050. The average molecular weight is 444 g/mol. The van der Waals surface area contributed by atoms with Gasteiger partial charge in [0.05, 0.1) is 15.9 Å². The number of para-hydroxylation sites is 2. The number of hydrogen-bond acceptors (Lipinski definition) is 3. The van der Waals surface area contributed by atoms with E-state index >= 15 is 0 Å². The van der Waals surface area contributed by atoms with Crippen molar-refractivity contribution in [2.24, 2.45) is 0 Å². The van der Waals surface area contributed by atoms with Crippen molar-refractivity contribution in [3.8, 4) is 0 Å². The summed E-state index contributed by atoms with van der Waals surface area (Å²) in [5, 5.41) is 0. The summed E-state index contributed by atoms with van der Waals surface area (Å²) in [4.78, 5) is 4.30. The van der Waals surface area contributed by atoms with Gasteiger partial charge in [0.15, 0.2) is 0 Å². The Hall–Kier alpha value is -1.84. The number of sulfonamides is 1. The molecule has 0 bridgehead atoms. The molecule has 0 aliphatic carbocycles. The van der Waals surface area contributed by atoms with Crippen molar-refractivity contribution in [3.63, 3.8) is 0 Å². The van der Waals surface area contributed by atoms with Crippen molar-refractivity contribution in [1.82, 2.24) is 14.3 Å². The molecule has 2 aromatic carbocycles. The third kappa shape index (κ3) is 3.79. The predicted molar refractivity (Wildman–Crippen MR) is 98.8 cm³/mol. The van der Waals surface area contributed by atoms with E-state index in [1.54, 1.807) is 36.4 Å². The highest BCUT2D eigenvalue weighted by atomic mass is 79.9. The van der Waals surface area contributed by atoms with E-state index < -0.39 is 16.6 Å². The van der Waals surface area contributed by atoms with Gasteiger partial charge in [0.1, 0.15) is 5.82 Å². The van der Waals surface area contributed by atoms with E-state index in [1.165, 1.54) is 6.07 Å². The van der Waals surface area contributed by atoms with E-state index in [4.69, 9.17) is 0 Å². The van der Waals surface area contributed by atoms with E-state index in [9.17, 15) is 17.2 Å². The van der Waals surface area contributed by atoms with E-state index in [-0.39, 0.29) is 23.7 Å². The van der Waals surface area contributed by atoms with E-state index in [1.807, 2.05) is 6.92 Å². The molecule has 0 amide bonds. The lowest BCUT2D eigenvalue weighted by molar-refractivity contribution is 0.0715. The molecular weight excluding hydrogens is 428 g/mol. The van der Waals surface area contributed by atoms with Crippen LogP contribution in [0, 0.1) is 6.92 Å². The van der Waals surface area contributed by atoms with Crippen LogP contribution in [-0.2, 0) is 16.4 Å². The lowest BCUT2D eigenvalue weighted by Gasteiger charge is -2.10. The molecule has 138 valence electrons. The molecule has 0 atom stereocenters. The summed E-state index contributed by atoms with van der Waals surface area (Å²) < 4.78 is 55.3. The summed E-state index contributed by atoms with van der Waals surface area (Å²) >= 11 is 3.24. The van der Waals surface area contributed by atoms with Gasteiger partial charge >= 0.3 is 6.55 Å². The number of nitrogens with one attached hydrogen (secondary N) is 1. The molecule has 0 fully saturated rings. The molecule has 0 spiro atoms. The first-order valence-corrected chi connectivity index (χ1v) is 10.1. The molecule has 9 heteroatoms. The van der Waals surface area contributed by atoms with Crippen LogP contribution in [0.5, 0.6) is 0 Å². The van der Waals surface area contributed by atoms with Gasteiger partial charge in [0.25, 0.3) is 0 Å². The van der Waals surface area contributed by atoms with Gasteiger partial charge in [-0.25, -0.2) is 18.1 Å². The summed E-state index contributed by atoms with van der Waals surface area (Å²) in [5.74, 6) is 0.131. The predicted octanol–water partition coefficient (Wildman–Crippen LogP) is 4.02. The standard InChI is InChI=1S/C17H16BrF2N3O2S/c1-11-6-7-15(12(18)10-11)26(24,25)21-9-8-16-22-13-4-2-3-5-14(13)23(16)17(19)20/h2-7,10,17,21H,8-9H2,1H3. The Balaban J connectivity index is 1.79. The lowest BCUT2D eigenvalue weighted by atomic mass is 10.2. The van der Waals surface area contributed by atoms with Crippen molar-refractivity contribution in [1.29, 1.82) is 0 Å². The van der Waals surface area contributed by atoms with E-state index in [0.29, 0.717) is 15.5 Å². The van der Waals surface area contributed by atoms with Crippen LogP contribution in [0.1, 0.15) is 17.9 Å². The third-order valence-corrected chi connectivity index (χ3v) is 6.32. The van der Waals surface area contributed by atoms with Crippen LogP contribution in [0.25, 0.3) is 11.0 Å². The molecule has 0 aliphatic rings. The van der Waals surface area contributed by atoms with Crippen molar-refractivity contribution < 1.29 is 17.2 Å². The van der Waals surface area contributed by atoms with Crippen LogP contribution < -0.4 is 4.72 Å². The third-order valence-electron chi connectivity index (χ3n) is 3.88. The Morgan fingerprint density at radius 3 is 2.65 bits per heavy atom. The second-order valence-corrected chi connectivity index (χ2v) is 8.34. The fourth-order valence-electron chi connectivity index (χ4n) is 2.69. The molecule has 0 saturated carbocycles. The Kier molecular flexibility index (Phi) is 5.40. The largest absolute Gasteiger partial charge is 0.320 e. The van der Waals surface area contributed by atoms with Gasteiger partial charge in [0.2, 0.25) is 10.0 Å². The SMILES string of the molecule is Cc1ccc(S(=O)(=O)NCCc2nc3ccccc3n2C(F)F)c(Br)c1. The van der Waals surface area contributed by atoms with Crippen molar-refractivity contribution in [2.45, 2.75) is 24.8 Å². The van der Waals surface area contributed by atoms with Crippen molar-refractivity contribution >= 4 is 37.0 Å².